The standard InChI is InChI=1S/C17H33N3/c1-15(2)19-11-5-16(6-12-19)20-10-4-8-17(14-20)7-3-9-18-13-17/h15-16,18H,3-14H2,1-2H3. The molecule has 1 spiro atoms. The predicted molar refractivity (Wildman–Crippen MR) is 85.1 cm³/mol. The number of nitrogens with zero attached hydrogens (tertiary/aromatic N) is 2. The Balaban J connectivity index is 1.55. The molecule has 1 atom stereocenters. The maximum absolute atomic E-state index is 3.66. The van der Waals surface area contributed by atoms with E-state index in [2.05, 4.69) is 29.0 Å². The first-order valence-corrected chi connectivity index (χ1v) is 8.87. The van der Waals surface area contributed by atoms with Crippen LogP contribution in [0.2, 0.25) is 0 Å². The highest BCUT2D eigenvalue weighted by Gasteiger charge is 2.39. The summed E-state index contributed by atoms with van der Waals surface area (Å²) in [6, 6.07) is 1.59. The van der Waals surface area contributed by atoms with Crippen LogP contribution in [0.3, 0.4) is 0 Å². The molecule has 0 saturated carbocycles. The lowest BCUT2D eigenvalue weighted by Gasteiger charge is -2.49. The molecule has 3 rings (SSSR count). The van der Waals surface area contributed by atoms with Crippen LogP contribution in [0.4, 0.5) is 0 Å². The highest BCUT2D eigenvalue weighted by Crippen LogP contribution is 2.37. The smallest absolute Gasteiger partial charge is 0.0120 e. The fourth-order valence-corrected chi connectivity index (χ4v) is 4.70. The van der Waals surface area contributed by atoms with E-state index in [0.717, 1.165) is 12.1 Å². The summed E-state index contributed by atoms with van der Waals surface area (Å²) in [4.78, 5) is 5.51. The van der Waals surface area contributed by atoms with Crippen LogP contribution >= 0.6 is 0 Å². The van der Waals surface area contributed by atoms with E-state index in [0.29, 0.717) is 5.41 Å². The second-order valence-corrected chi connectivity index (χ2v) is 7.72. The molecular weight excluding hydrogens is 246 g/mol. The predicted octanol–water partition coefficient (Wildman–Crippen LogP) is 2.32. The quantitative estimate of drug-likeness (QED) is 0.837. The molecule has 3 saturated heterocycles. The lowest BCUT2D eigenvalue weighted by molar-refractivity contribution is 0.0122. The van der Waals surface area contributed by atoms with Crippen LogP contribution in [0.25, 0.3) is 0 Å². The summed E-state index contributed by atoms with van der Waals surface area (Å²) in [5.41, 5.74) is 0.617. The van der Waals surface area contributed by atoms with Crippen molar-refractivity contribution >= 4 is 0 Å². The minimum Gasteiger partial charge on any atom is -0.316 e. The van der Waals surface area contributed by atoms with Crippen molar-refractivity contribution in [2.24, 2.45) is 5.41 Å². The Morgan fingerprint density at radius 3 is 2.45 bits per heavy atom. The molecule has 3 aliphatic rings. The molecule has 1 N–H and O–H groups in total. The third-order valence-electron chi connectivity index (χ3n) is 6.00. The third kappa shape index (κ3) is 3.20. The molecular formula is C17H33N3. The monoisotopic (exact) mass is 279 g/mol. The second kappa shape index (κ2) is 6.33. The maximum Gasteiger partial charge on any atom is 0.0120 e. The molecule has 0 aromatic heterocycles. The molecule has 3 aliphatic heterocycles. The summed E-state index contributed by atoms with van der Waals surface area (Å²) >= 11 is 0. The topological polar surface area (TPSA) is 18.5 Å². The van der Waals surface area contributed by atoms with Crippen molar-refractivity contribution < 1.29 is 0 Å². The van der Waals surface area contributed by atoms with Gasteiger partial charge in [0, 0.05) is 25.2 Å². The van der Waals surface area contributed by atoms with Crippen molar-refractivity contribution in [2.75, 3.05) is 39.3 Å². The minimum atomic E-state index is 0.617. The zero-order valence-corrected chi connectivity index (χ0v) is 13.5. The molecule has 0 aromatic carbocycles. The van der Waals surface area contributed by atoms with Crippen molar-refractivity contribution in [1.82, 2.24) is 15.1 Å². The van der Waals surface area contributed by atoms with Crippen molar-refractivity contribution in [3.05, 3.63) is 0 Å². The Hall–Kier alpha value is -0.120. The van der Waals surface area contributed by atoms with E-state index in [4.69, 9.17) is 0 Å². The van der Waals surface area contributed by atoms with E-state index < -0.39 is 0 Å². The van der Waals surface area contributed by atoms with Gasteiger partial charge >= 0.3 is 0 Å². The minimum absolute atomic E-state index is 0.617. The van der Waals surface area contributed by atoms with Gasteiger partial charge in [-0.05, 0) is 84.0 Å². The fourth-order valence-electron chi connectivity index (χ4n) is 4.70. The highest BCUT2D eigenvalue weighted by molar-refractivity contribution is 4.94. The Kier molecular flexibility index (Phi) is 4.68. The summed E-state index contributed by atoms with van der Waals surface area (Å²) in [5, 5.41) is 3.66. The van der Waals surface area contributed by atoms with E-state index >= 15 is 0 Å². The number of hydrogen-bond donors (Lipinski definition) is 1. The maximum atomic E-state index is 3.66. The lowest BCUT2D eigenvalue weighted by Crippen LogP contribution is -2.55. The SMILES string of the molecule is CC(C)N1CCC(N2CCCC3(CCCNC3)C2)CC1. The van der Waals surface area contributed by atoms with Crippen molar-refractivity contribution in [3.8, 4) is 0 Å². The fraction of sp³-hybridized carbons (Fsp3) is 1.00. The Labute approximate surface area is 125 Å². The lowest BCUT2D eigenvalue weighted by atomic mass is 9.74. The number of nitrogens with one attached hydrogen (secondary N) is 1. The van der Waals surface area contributed by atoms with E-state index in [1.54, 1.807) is 0 Å². The molecule has 3 fully saturated rings. The summed E-state index contributed by atoms with van der Waals surface area (Å²) < 4.78 is 0. The van der Waals surface area contributed by atoms with Gasteiger partial charge in [0.1, 0.15) is 0 Å². The number of hydrogen-bond acceptors (Lipinski definition) is 3. The second-order valence-electron chi connectivity index (χ2n) is 7.72. The van der Waals surface area contributed by atoms with Crippen LogP contribution < -0.4 is 5.32 Å². The molecule has 3 nitrogen and oxygen atoms in total. The van der Waals surface area contributed by atoms with Crippen LogP contribution in [0.15, 0.2) is 0 Å². The summed E-state index contributed by atoms with van der Waals surface area (Å²) in [6.07, 6.45) is 8.51. The normalized spacial score (nSPS) is 35.0. The van der Waals surface area contributed by atoms with Gasteiger partial charge in [0.05, 0.1) is 0 Å². The van der Waals surface area contributed by atoms with E-state index in [-0.39, 0.29) is 0 Å². The molecule has 116 valence electrons. The van der Waals surface area contributed by atoms with Gasteiger partial charge in [-0.3, -0.25) is 4.90 Å². The third-order valence-corrected chi connectivity index (χ3v) is 6.00. The largest absolute Gasteiger partial charge is 0.316 e. The van der Waals surface area contributed by atoms with Crippen molar-refractivity contribution in [2.45, 2.75) is 64.5 Å². The molecule has 0 aromatic rings. The van der Waals surface area contributed by atoms with Crippen LogP contribution in [0, 0.1) is 5.41 Å². The number of likely N-dealkylation sites (tertiary alicyclic amines) is 2. The highest BCUT2D eigenvalue weighted by atomic mass is 15.2. The average molecular weight is 279 g/mol. The van der Waals surface area contributed by atoms with Gasteiger partial charge in [-0.15, -0.1) is 0 Å². The Bertz CT molecular complexity index is 296. The molecule has 0 aliphatic carbocycles. The van der Waals surface area contributed by atoms with Gasteiger partial charge in [-0.1, -0.05) is 0 Å². The van der Waals surface area contributed by atoms with Gasteiger partial charge < -0.3 is 10.2 Å². The summed E-state index contributed by atoms with van der Waals surface area (Å²) in [7, 11) is 0. The molecule has 0 radical (unpaired) electrons. The molecule has 20 heavy (non-hydrogen) atoms. The molecule has 0 bridgehead atoms. The number of piperidine rings is 3. The summed E-state index contributed by atoms with van der Waals surface area (Å²) in [6.45, 7) is 12.5. The van der Waals surface area contributed by atoms with E-state index in [1.165, 1.54) is 77.8 Å². The van der Waals surface area contributed by atoms with Crippen LogP contribution in [0.1, 0.15) is 52.4 Å². The van der Waals surface area contributed by atoms with Crippen LogP contribution in [0.5, 0.6) is 0 Å². The van der Waals surface area contributed by atoms with Gasteiger partial charge in [0.2, 0.25) is 0 Å². The molecule has 3 heteroatoms. The molecule has 3 heterocycles. The van der Waals surface area contributed by atoms with Gasteiger partial charge in [-0.25, -0.2) is 0 Å². The van der Waals surface area contributed by atoms with Gasteiger partial charge in [0.25, 0.3) is 0 Å². The summed E-state index contributed by atoms with van der Waals surface area (Å²) in [5.74, 6) is 0. The Morgan fingerprint density at radius 1 is 1.05 bits per heavy atom. The first-order chi connectivity index (χ1) is 9.69. The first kappa shape index (κ1) is 14.8. The number of rotatable bonds is 2. The average Bonchev–Trinajstić information content (AvgIpc) is 2.48. The van der Waals surface area contributed by atoms with Crippen molar-refractivity contribution in [3.63, 3.8) is 0 Å². The Morgan fingerprint density at radius 2 is 1.80 bits per heavy atom. The van der Waals surface area contributed by atoms with Crippen LogP contribution in [-0.2, 0) is 0 Å². The molecule has 1 unspecified atom stereocenters. The van der Waals surface area contributed by atoms with Crippen LogP contribution in [-0.4, -0.2) is 61.2 Å². The molecule has 0 amide bonds. The van der Waals surface area contributed by atoms with Gasteiger partial charge in [0.15, 0.2) is 0 Å². The zero-order chi connectivity index (χ0) is 14.0. The zero-order valence-electron chi connectivity index (χ0n) is 13.5. The van der Waals surface area contributed by atoms with E-state index in [1.807, 2.05) is 0 Å². The van der Waals surface area contributed by atoms with E-state index in [9.17, 15) is 0 Å². The van der Waals surface area contributed by atoms with Gasteiger partial charge in [-0.2, -0.15) is 0 Å². The first-order valence-electron chi connectivity index (χ1n) is 8.87. The van der Waals surface area contributed by atoms with Crippen molar-refractivity contribution in [1.29, 1.82) is 0 Å².